The molecule has 1 atom stereocenters. The molecule has 0 saturated carbocycles. The molecule has 2 rings (SSSR count). The molecule has 18 heavy (non-hydrogen) atoms. The fourth-order valence-electron chi connectivity index (χ4n) is 3.26. The highest BCUT2D eigenvalue weighted by Crippen LogP contribution is 2.19. The molecule has 2 aliphatic rings. The van der Waals surface area contributed by atoms with Crippen molar-refractivity contribution < 1.29 is 0 Å². The van der Waals surface area contributed by atoms with Gasteiger partial charge in [-0.1, -0.05) is 19.8 Å². The summed E-state index contributed by atoms with van der Waals surface area (Å²) in [6, 6.07) is 0.862. The van der Waals surface area contributed by atoms with Crippen LogP contribution in [0.1, 0.15) is 45.4 Å². The first-order valence-electron chi connectivity index (χ1n) is 8.07. The monoisotopic (exact) mass is 253 g/mol. The zero-order chi connectivity index (χ0) is 12.6. The SMILES string of the molecule is CCCCNCCN1CCC(N2CCCCC2)C1. The predicted octanol–water partition coefficient (Wildman–Crippen LogP) is 1.94. The Hall–Kier alpha value is -0.120. The van der Waals surface area contributed by atoms with Gasteiger partial charge in [0.1, 0.15) is 0 Å². The number of hydrogen-bond donors (Lipinski definition) is 1. The summed E-state index contributed by atoms with van der Waals surface area (Å²) in [5.41, 5.74) is 0. The molecule has 2 aliphatic heterocycles. The highest BCUT2D eigenvalue weighted by Gasteiger charge is 2.27. The lowest BCUT2D eigenvalue weighted by atomic mass is 10.1. The number of hydrogen-bond acceptors (Lipinski definition) is 3. The van der Waals surface area contributed by atoms with E-state index in [1.165, 1.54) is 84.3 Å². The van der Waals surface area contributed by atoms with Gasteiger partial charge in [-0.2, -0.15) is 0 Å². The van der Waals surface area contributed by atoms with E-state index in [0.717, 1.165) is 6.04 Å². The van der Waals surface area contributed by atoms with Gasteiger partial charge in [0.2, 0.25) is 0 Å². The Balaban J connectivity index is 1.56. The number of unbranched alkanes of at least 4 members (excludes halogenated alkanes) is 1. The minimum absolute atomic E-state index is 0.862. The van der Waals surface area contributed by atoms with Crippen LogP contribution in [0.2, 0.25) is 0 Å². The average Bonchev–Trinajstić information content (AvgIpc) is 2.88. The quantitative estimate of drug-likeness (QED) is 0.700. The molecule has 3 nitrogen and oxygen atoms in total. The molecule has 0 radical (unpaired) electrons. The van der Waals surface area contributed by atoms with E-state index < -0.39 is 0 Å². The van der Waals surface area contributed by atoms with Crippen LogP contribution in [-0.4, -0.2) is 61.7 Å². The molecule has 3 heteroatoms. The van der Waals surface area contributed by atoms with Crippen molar-refractivity contribution in [1.82, 2.24) is 15.1 Å². The van der Waals surface area contributed by atoms with Gasteiger partial charge >= 0.3 is 0 Å². The normalized spacial score (nSPS) is 26.8. The largest absolute Gasteiger partial charge is 0.315 e. The highest BCUT2D eigenvalue weighted by atomic mass is 15.3. The molecule has 0 aliphatic carbocycles. The number of rotatable bonds is 7. The highest BCUT2D eigenvalue weighted by molar-refractivity contribution is 4.84. The number of piperidine rings is 1. The molecule has 0 aromatic carbocycles. The topological polar surface area (TPSA) is 18.5 Å². The van der Waals surface area contributed by atoms with Gasteiger partial charge in [-0.15, -0.1) is 0 Å². The summed E-state index contributed by atoms with van der Waals surface area (Å²) in [6.45, 7) is 11.2. The van der Waals surface area contributed by atoms with Crippen LogP contribution >= 0.6 is 0 Å². The maximum Gasteiger partial charge on any atom is 0.0235 e. The standard InChI is InChI=1S/C15H31N3/c1-2-3-8-16-9-13-17-12-7-15(14-17)18-10-5-4-6-11-18/h15-16H,2-14H2,1H3. The van der Waals surface area contributed by atoms with Crippen LogP contribution in [0.3, 0.4) is 0 Å². The van der Waals surface area contributed by atoms with Crippen molar-refractivity contribution >= 4 is 0 Å². The molecule has 1 unspecified atom stereocenters. The number of nitrogens with zero attached hydrogens (tertiary/aromatic N) is 2. The van der Waals surface area contributed by atoms with Gasteiger partial charge < -0.3 is 10.2 Å². The Labute approximate surface area is 113 Å². The van der Waals surface area contributed by atoms with Crippen molar-refractivity contribution in [1.29, 1.82) is 0 Å². The Morgan fingerprint density at radius 1 is 1.06 bits per heavy atom. The van der Waals surface area contributed by atoms with Crippen molar-refractivity contribution in [2.45, 2.75) is 51.5 Å². The number of likely N-dealkylation sites (tertiary alicyclic amines) is 2. The first-order valence-corrected chi connectivity index (χ1v) is 8.07. The third-order valence-corrected chi connectivity index (χ3v) is 4.47. The zero-order valence-corrected chi connectivity index (χ0v) is 12.2. The lowest BCUT2D eigenvalue weighted by Crippen LogP contribution is -2.41. The van der Waals surface area contributed by atoms with Gasteiger partial charge in [0.15, 0.2) is 0 Å². The molecule has 2 heterocycles. The predicted molar refractivity (Wildman–Crippen MR) is 78.0 cm³/mol. The molecule has 106 valence electrons. The zero-order valence-electron chi connectivity index (χ0n) is 12.2. The van der Waals surface area contributed by atoms with Crippen LogP contribution in [0.15, 0.2) is 0 Å². The van der Waals surface area contributed by atoms with Crippen LogP contribution in [0.4, 0.5) is 0 Å². The van der Waals surface area contributed by atoms with Crippen molar-refractivity contribution in [3.63, 3.8) is 0 Å². The molecular weight excluding hydrogens is 222 g/mol. The van der Waals surface area contributed by atoms with Crippen LogP contribution in [0, 0.1) is 0 Å². The van der Waals surface area contributed by atoms with E-state index in [4.69, 9.17) is 0 Å². The van der Waals surface area contributed by atoms with E-state index >= 15 is 0 Å². The second-order valence-corrected chi connectivity index (χ2v) is 5.94. The molecule has 0 spiro atoms. The maximum atomic E-state index is 3.55. The van der Waals surface area contributed by atoms with Crippen LogP contribution in [-0.2, 0) is 0 Å². The van der Waals surface area contributed by atoms with E-state index in [2.05, 4.69) is 22.0 Å². The molecule has 0 bridgehead atoms. The van der Waals surface area contributed by atoms with E-state index in [9.17, 15) is 0 Å². The van der Waals surface area contributed by atoms with Crippen molar-refractivity contribution in [2.24, 2.45) is 0 Å². The fourth-order valence-corrected chi connectivity index (χ4v) is 3.26. The summed E-state index contributed by atoms with van der Waals surface area (Å²) in [7, 11) is 0. The Kier molecular flexibility index (Phi) is 6.46. The molecular formula is C15H31N3. The van der Waals surface area contributed by atoms with Gasteiger partial charge in [-0.3, -0.25) is 4.90 Å². The minimum Gasteiger partial charge on any atom is -0.315 e. The Morgan fingerprint density at radius 3 is 2.67 bits per heavy atom. The summed E-state index contributed by atoms with van der Waals surface area (Å²) in [6.07, 6.45) is 8.32. The van der Waals surface area contributed by atoms with E-state index in [1.54, 1.807) is 0 Å². The molecule has 0 aromatic heterocycles. The first-order chi connectivity index (χ1) is 8.90. The van der Waals surface area contributed by atoms with Crippen LogP contribution in [0.5, 0.6) is 0 Å². The van der Waals surface area contributed by atoms with Gasteiger partial charge in [0.25, 0.3) is 0 Å². The third-order valence-electron chi connectivity index (χ3n) is 4.47. The molecule has 2 saturated heterocycles. The van der Waals surface area contributed by atoms with Gasteiger partial charge in [0, 0.05) is 25.7 Å². The smallest absolute Gasteiger partial charge is 0.0235 e. The van der Waals surface area contributed by atoms with Crippen molar-refractivity contribution in [2.75, 3.05) is 45.8 Å². The van der Waals surface area contributed by atoms with E-state index in [-0.39, 0.29) is 0 Å². The fraction of sp³-hybridized carbons (Fsp3) is 1.00. The lowest BCUT2D eigenvalue weighted by molar-refractivity contribution is 0.162. The minimum atomic E-state index is 0.862. The van der Waals surface area contributed by atoms with E-state index in [1.807, 2.05) is 0 Å². The third kappa shape index (κ3) is 4.52. The Bertz CT molecular complexity index is 214. The molecule has 0 amide bonds. The van der Waals surface area contributed by atoms with Crippen LogP contribution in [0.25, 0.3) is 0 Å². The summed E-state index contributed by atoms with van der Waals surface area (Å²) in [5, 5.41) is 3.55. The van der Waals surface area contributed by atoms with Gasteiger partial charge in [-0.05, 0) is 51.9 Å². The Morgan fingerprint density at radius 2 is 1.89 bits per heavy atom. The second-order valence-electron chi connectivity index (χ2n) is 5.94. The van der Waals surface area contributed by atoms with Crippen LogP contribution < -0.4 is 5.32 Å². The van der Waals surface area contributed by atoms with Gasteiger partial charge in [-0.25, -0.2) is 0 Å². The van der Waals surface area contributed by atoms with Crippen molar-refractivity contribution in [3.8, 4) is 0 Å². The second kappa shape index (κ2) is 8.13. The maximum absolute atomic E-state index is 3.55. The van der Waals surface area contributed by atoms with E-state index in [0.29, 0.717) is 0 Å². The average molecular weight is 253 g/mol. The summed E-state index contributed by atoms with van der Waals surface area (Å²) in [5.74, 6) is 0. The van der Waals surface area contributed by atoms with Crippen molar-refractivity contribution in [3.05, 3.63) is 0 Å². The summed E-state index contributed by atoms with van der Waals surface area (Å²) >= 11 is 0. The first kappa shape index (κ1) is 14.3. The number of nitrogens with one attached hydrogen (secondary N) is 1. The van der Waals surface area contributed by atoms with Gasteiger partial charge in [0.05, 0.1) is 0 Å². The summed E-state index contributed by atoms with van der Waals surface area (Å²) < 4.78 is 0. The molecule has 2 fully saturated rings. The molecule has 1 N–H and O–H groups in total. The lowest BCUT2D eigenvalue weighted by Gasteiger charge is -2.32. The molecule has 0 aromatic rings. The summed E-state index contributed by atoms with van der Waals surface area (Å²) in [4.78, 5) is 5.40.